The Kier molecular flexibility index (Phi) is 6.36. The molecule has 0 amide bonds. The number of ether oxygens (including phenoxy) is 2. The average Bonchev–Trinajstić information content (AvgIpc) is 2.47. The van der Waals surface area contributed by atoms with Crippen LogP contribution < -0.4 is 10.1 Å². The molecular formula is C16H25NO3. The lowest BCUT2D eigenvalue weighted by Crippen LogP contribution is -2.47. The number of nitrogens with one attached hydrogen (secondary N) is 1. The van der Waals surface area contributed by atoms with Gasteiger partial charge in [0.05, 0.1) is 13.7 Å². The van der Waals surface area contributed by atoms with Crippen LogP contribution in [0.2, 0.25) is 0 Å². The number of carbonyl (C=O) groups excluding carboxylic acids is 1. The number of rotatable bonds is 8. The van der Waals surface area contributed by atoms with Crippen LogP contribution in [0.15, 0.2) is 24.3 Å². The predicted octanol–water partition coefficient (Wildman–Crippen LogP) is 3.62. The summed E-state index contributed by atoms with van der Waals surface area (Å²) in [5.74, 6) is 0.576. The minimum atomic E-state index is -0.670. The van der Waals surface area contributed by atoms with E-state index in [0.29, 0.717) is 13.0 Å². The maximum absolute atomic E-state index is 12.3. The van der Waals surface area contributed by atoms with Gasteiger partial charge in [0.15, 0.2) is 0 Å². The van der Waals surface area contributed by atoms with Gasteiger partial charge in [-0.2, -0.15) is 0 Å². The molecule has 20 heavy (non-hydrogen) atoms. The van der Waals surface area contributed by atoms with E-state index in [-0.39, 0.29) is 5.97 Å². The van der Waals surface area contributed by atoms with Gasteiger partial charge >= 0.3 is 5.97 Å². The Balaban J connectivity index is 3.01. The molecule has 0 spiro atoms. The summed E-state index contributed by atoms with van der Waals surface area (Å²) in [6, 6.07) is 7.60. The van der Waals surface area contributed by atoms with Crippen LogP contribution >= 0.6 is 0 Å². The van der Waals surface area contributed by atoms with E-state index >= 15 is 0 Å². The van der Waals surface area contributed by atoms with Crippen LogP contribution in [-0.2, 0) is 9.53 Å². The molecule has 4 heteroatoms. The highest BCUT2D eigenvalue weighted by Gasteiger charge is 2.37. The third-order valence-corrected chi connectivity index (χ3v) is 3.40. The second-order valence-corrected chi connectivity index (χ2v) is 4.76. The van der Waals surface area contributed by atoms with Crippen molar-refractivity contribution in [3.8, 4) is 5.75 Å². The van der Waals surface area contributed by atoms with Crippen molar-refractivity contribution in [2.24, 2.45) is 0 Å². The minimum Gasteiger partial charge on any atom is -0.497 e. The Hall–Kier alpha value is -1.71. The van der Waals surface area contributed by atoms with Crippen molar-refractivity contribution in [1.29, 1.82) is 0 Å². The van der Waals surface area contributed by atoms with Crippen LogP contribution in [0.5, 0.6) is 5.75 Å². The molecule has 0 bridgehead atoms. The van der Waals surface area contributed by atoms with Crippen LogP contribution in [0.3, 0.4) is 0 Å². The third kappa shape index (κ3) is 3.89. The molecular weight excluding hydrogens is 254 g/mol. The fraction of sp³-hybridized carbons (Fsp3) is 0.562. The monoisotopic (exact) mass is 279 g/mol. The SMILES string of the molecule is CCCC(CC)(Nc1cccc(OC)c1)C(=O)OCC. The molecule has 0 aliphatic carbocycles. The second-order valence-electron chi connectivity index (χ2n) is 4.76. The summed E-state index contributed by atoms with van der Waals surface area (Å²) in [5, 5.41) is 3.35. The summed E-state index contributed by atoms with van der Waals surface area (Å²) < 4.78 is 10.5. The van der Waals surface area contributed by atoms with Gasteiger partial charge in [-0.15, -0.1) is 0 Å². The third-order valence-electron chi connectivity index (χ3n) is 3.40. The fourth-order valence-electron chi connectivity index (χ4n) is 2.30. The first-order chi connectivity index (χ1) is 9.61. The molecule has 0 aliphatic heterocycles. The van der Waals surface area contributed by atoms with Gasteiger partial charge in [0, 0.05) is 11.8 Å². The van der Waals surface area contributed by atoms with E-state index in [9.17, 15) is 4.79 Å². The number of anilines is 1. The number of methoxy groups -OCH3 is 1. The molecule has 0 heterocycles. The highest BCUT2D eigenvalue weighted by atomic mass is 16.5. The Labute approximate surface area is 121 Å². The first-order valence-corrected chi connectivity index (χ1v) is 7.21. The van der Waals surface area contributed by atoms with Crippen LogP contribution in [-0.4, -0.2) is 25.2 Å². The van der Waals surface area contributed by atoms with Crippen molar-refractivity contribution in [3.05, 3.63) is 24.3 Å². The van der Waals surface area contributed by atoms with E-state index in [2.05, 4.69) is 12.2 Å². The zero-order valence-electron chi connectivity index (χ0n) is 12.9. The Bertz CT molecular complexity index is 433. The normalized spacial score (nSPS) is 13.4. The zero-order chi connectivity index (χ0) is 15.0. The Morgan fingerprint density at radius 2 is 2.05 bits per heavy atom. The highest BCUT2D eigenvalue weighted by molar-refractivity contribution is 5.84. The molecule has 0 saturated carbocycles. The number of hydrogen-bond acceptors (Lipinski definition) is 4. The Morgan fingerprint density at radius 1 is 1.30 bits per heavy atom. The molecule has 1 rings (SSSR count). The molecule has 1 N–H and O–H groups in total. The lowest BCUT2D eigenvalue weighted by atomic mass is 9.90. The van der Waals surface area contributed by atoms with Gasteiger partial charge in [-0.25, -0.2) is 4.79 Å². The molecule has 112 valence electrons. The number of esters is 1. The van der Waals surface area contributed by atoms with Crippen molar-refractivity contribution >= 4 is 11.7 Å². The van der Waals surface area contributed by atoms with Crippen molar-refractivity contribution in [2.75, 3.05) is 19.0 Å². The molecule has 1 aromatic rings. The van der Waals surface area contributed by atoms with Gasteiger partial charge in [0.1, 0.15) is 11.3 Å². The summed E-state index contributed by atoms with van der Waals surface area (Å²) in [5.41, 5.74) is 0.199. The zero-order valence-corrected chi connectivity index (χ0v) is 12.9. The molecule has 4 nitrogen and oxygen atoms in total. The standard InChI is InChI=1S/C16H25NO3/c1-5-11-16(6-2,15(18)20-7-3)17-13-9-8-10-14(12-13)19-4/h8-10,12,17H,5-7,11H2,1-4H3. The van der Waals surface area contributed by atoms with Crippen LogP contribution in [0.1, 0.15) is 40.0 Å². The van der Waals surface area contributed by atoms with Crippen molar-refractivity contribution in [2.45, 2.75) is 45.6 Å². The first-order valence-electron chi connectivity index (χ1n) is 7.21. The summed E-state index contributed by atoms with van der Waals surface area (Å²) in [6.07, 6.45) is 2.32. The van der Waals surface area contributed by atoms with Crippen LogP contribution in [0.4, 0.5) is 5.69 Å². The van der Waals surface area contributed by atoms with Crippen LogP contribution in [0, 0.1) is 0 Å². The summed E-state index contributed by atoms with van der Waals surface area (Å²) >= 11 is 0. The Morgan fingerprint density at radius 3 is 2.60 bits per heavy atom. The maximum Gasteiger partial charge on any atom is 0.331 e. The molecule has 1 aromatic carbocycles. The number of benzene rings is 1. The molecule has 0 saturated heterocycles. The van der Waals surface area contributed by atoms with Gasteiger partial charge < -0.3 is 14.8 Å². The van der Waals surface area contributed by atoms with Crippen molar-refractivity contribution in [1.82, 2.24) is 0 Å². The van der Waals surface area contributed by atoms with Gasteiger partial charge in [0.2, 0.25) is 0 Å². The largest absolute Gasteiger partial charge is 0.497 e. The predicted molar refractivity (Wildman–Crippen MR) is 81.2 cm³/mol. The van der Waals surface area contributed by atoms with E-state index in [0.717, 1.165) is 24.3 Å². The summed E-state index contributed by atoms with van der Waals surface area (Å²) in [6.45, 7) is 6.29. The van der Waals surface area contributed by atoms with E-state index in [4.69, 9.17) is 9.47 Å². The summed E-state index contributed by atoms with van der Waals surface area (Å²) in [4.78, 5) is 12.3. The van der Waals surface area contributed by atoms with Crippen LogP contribution in [0.25, 0.3) is 0 Å². The maximum atomic E-state index is 12.3. The fourth-order valence-corrected chi connectivity index (χ4v) is 2.30. The lowest BCUT2D eigenvalue weighted by molar-refractivity contribution is -0.149. The molecule has 1 atom stereocenters. The molecule has 0 aliphatic rings. The van der Waals surface area contributed by atoms with E-state index in [1.807, 2.05) is 38.1 Å². The molecule has 0 aromatic heterocycles. The summed E-state index contributed by atoms with van der Waals surface area (Å²) in [7, 11) is 1.63. The molecule has 0 radical (unpaired) electrons. The number of hydrogen-bond donors (Lipinski definition) is 1. The van der Waals surface area contributed by atoms with E-state index in [1.54, 1.807) is 7.11 Å². The van der Waals surface area contributed by atoms with E-state index < -0.39 is 5.54 Å². The van der Waals surface area contributed by atoms with Gasteiger partial charge in [-0.3, -0.25) is 0 Å². The van der Waals surface area contributed by atoms with Gasteiger partial charge in [-0.1, -0.05) is 26.3 Å². The highest BCUT2D eigenvalue weighted by Crippen LogP contribution is 2.27. The minimum absolute atomic E-state index is 0.188. The second kappa shape index (κ2) is 7.78. The van der Waals surface area contributed by atoms with Gasteiger partial charge in [0.25, 0.3) is 0 Å². The van der Waals surface area contributed by atoms with Crippen molar-refractivity contribution in [3.63, 3.8) is 0 Å². The number of carbonyl (C=O) groups is 1. The molecule has 1 unspecified atom stereocenters. The lowest BCUT2D eigenvalue weighted by Gasteiger charge is -2.32. The quantitative estimate of drug-likeness (QED) is 0.738. The topological polar surface area (TPSA) is 47.6 Å². The average molecular weight is 279 g/mol. The van der Waals surface area contributed by atoms with Gasteiger partial charge in [-0.05, 0) is 31.9 Å². The first kappa shape index (κ1) is 16.3. The van der Waals surface area contributed by atoms with Crippen molar-refractivity contribution < 1.29 is 14.3 Å². The van der Waals surface area contributed by atoms with E-state index in [1.165, 1.54) is 0 Å². The molecule has 0 fully saturated rings. The smallest absolute Gasteiger partial charge is 0.331 e.